The van der Waals surface area contributed by atoms with Gasteiger partial charge in [0.15, 0.2) is 5.75 Å². The van der Waals surface area contributed by atoms with E-state index < -0.39 is 0 Å². The number of fused-ring (bicyclic) bond motifs is 1. The molecular formula is C8H5BrFNO. The molecule has 0 aromatic heterocycles. The van der Waals surface area contributed by atoms with Crippen molar-refractivity contribution in [3.05, 3.63) is 34.9 Å². The smallest absolute Gasteiger partial charge is 0.151 e. The van der Waals surface area contributed by atoms with Gasteiger partial charge in [-0.2, -0.15) is 0 Å². The van der Waals surface area contributed by atoms with Crippen LogP contribution >= 0.6 is 15.9 Å². The van der Waals surface area contributed by atoms with Crippen molar-refractivity contribution in [2.24, 2.45) is 0 Å². The normalized spacial score (nSPS) is 13.2. The fourth-order valence-corrected chi connectivity index (χ4v) is 1.29. The molecule has 12 heavy (non-hydrogen) atoms. The molecule has 0 atom stereocenters. The van der Waals surface area contributed by atoms with Crippen molar-refractivity contribution in [3.8, 4) is 5.75 Å². The third-order valence-electron chi connectivity index (χ3n) is 1.52. The van der Waals surface area contributed by atoms with Crippen LogP contribution in [0.2, 0.25) is 0 Å². The Hall–Kier alpha value is -1.03. The Morgan fingerprint density at radius 1 is 1.42 bits per heavy atom. The minimum atomic E-state index is -0.305. The van der Waals surface area contributed by atoms with E-state index in [0.29, 0.717) is 15.9 Å². The summed E-state index contributed by atoms with van der Waals surface area (Å²) in [4.78, 5) is 0. The Bertz CT molecular complexity index is 318. The predicted molar refractivity (Wildman–Crippen MR) is 47.5 cm³/mol. The topological polar surface area (TPSA) is 21.3 Å². The lowest BCUT2D eigenvalue weighted by molar-refractivity contribution is 0.474. The van der Waals surface area contributed by atoms with Gasteiger partial charge in [0, 0.05) is 18.3 Å². The average molecular weight is 230 g/mol. The second-order valence-electron chi connectivity index (χ2n) is 2.33. The number of halogens is 2. The van der Waals surface area contributed by atoms with E-state index in [4.69, 9.17) is 4.74 Å². The zero-order valence-electron chi connectivity index (χ0n) is 5.97. The van der Waals surface area contributed by atoms with Crippen LogP contribution in [0.5, 0.6) is 5.75 Å². The van der Waals surface area contributed by atoms with Crippen LogP contribution in [-0.2, 0) is 0 Å². The summed E-state index contributed by atoms with van der Waals surface area (Å²) in [5.41, 5.74) is 0.637. The summed E-state index contributed by atoms with van der Waals surface area (Å²) in [6, 6.07) is 2.96. The summed E-state index contributed by atoms with van der Waals surface area (Å²) in [5.74, 6) is 0.311. The van der Waals surface area contributed by atoms with Crippen LogP contribution < -0.4 is 10.1 Å². The van der Waals surface area contributed by atoms with E-state index in [0.717, 1.165) is 0 Å². The van der Waals surface area contributed by atoms with Gasteiger partial charge in [-0.25, -0.2) is 4.39 Å². The molecule has 0 saturated carbocycles. The second kappa shape index (κ2) is 2.79. The number of benzene rings is 1. The fourth-order valence-electron chi connectivity index (χ4n) is 0.970. The molecule has 0 aliphatic carbocycles. The SMILES string of the molecule is Fc1cc2c(cc1Br)OC=CN2. The lowest BCUT2D eigenvalue weighted by atomic mass is 10.3. The minimum absolute atomic E-state index is 0.305. The van der Waals surface area contributed by atoms with Crippen molar-refractivity contribution in [2.75, 3.05) is 5.32 Å². The first kappa shape index (κ1) is 7.61. The molecule has 0 saturated heterocycles. The summed E-state index contributed by atoms with van der Waals surface area (Å²) in [6.45, 7) is 0. The van der Waals surface area contributed by atoms with E-state index >= 15 is 0 Å². The first-order chi connectivity index (χ1) is 5.77. The van der Waals surface area contributed by atoms with Gasteiger partial charge in [-0.1, -0.05) is 0 Å². The molecule has 1 aliphatic rings. The van der Waals surface area contributed by atoms with Gasteiger partial charge >= 0.3 is 0 Å². The molecule has 0 radical (unpaired) electrons. The number of hydrogen-bond acceptors (Lipinski definition) is 2. The highest BCUT2D eigenvalue weighted by Gasteiger charge is 2.09. The van der Waals surface area contributed by atoms with Crippen molar-refractivity contribution in [1.82, 2.24) is 0 Å². The highest BCUT2D eigenvalue weighted by Crippen LogP contribution is 2.32. The molecule has 1 heterocycles. The number of nitrogens with one attached hydrogen (secondary N) is 1. The van der Waals surface area contributed by atoms with Crippen LogP contribution in [0.3, 0.4) is 0 Å². The Balaban J connectivity index is 2.53. The molecule has 62 valence electrons. The lowest BCUT2D eigenvalue weighted by Gasteiger charge is -2.13. The lowest BCUT2D eigenvalue weighted by Crippen LogP contribution is -1.99. The molecule has 4 heteroatoms. The molecule has 0 bridgehead atoms. The maximum Gasteiger partial charge on any atom is 0.151 e. The van der Waals surface area contributed by atoms with Crippen molar-refractivity contribution < 1.29 is 9.13 Å². The maximum atomic E-state index is 12.9. The Kier molecular flexibility index (Phi) is 1.77. The summed E-state index contributed by atoms with van der Waals surface area (Å²) in [5, 5.41) is 2.86. The zero-order chi connectivity index (χ0) is 8.55. The zero-order valence-corrected chi connectivity index (χ0v) is 7.56. The van der Waals surface area contributed by atoms with Crippen LogP contribution in [0, 0.1) is 5.82 Å². The van der Waals surface area contributed by atoms with Gasteiger partial charge in [0.25, 0.3) is 0 Å². The predicted octanol–water partition coefficient (Wildman–Crippen LogP) is 2.86. The second-order valence-corrected chi connectivity index (χ2v) is 3.18. The van der Waals surface area contributed by atoms with Gasteiger partial charge in [-0.15, -0.1) is 0 Å². The van der Waals surface area contributed by atoms with Gasteiger partial charge in [-0.05, 0) is 15.9 Å². The fraction of sp³-hybridized carbons (Fsp3) is 0. The largest absolute Gasteiger partial charge is 0.461 e. The first-order valence-corrected chi connectivity index (χ1v) is 4.14. The molecular weight excluding hydrogens is 225 g/mol. The minimum Gasteiger partial charge on any atom is -0.461 e. The van der Waals surface area contributed by atoms with E-state index in [1.165, 1.54) is 12.3 Å². The van der Waals surface area contributed by atoms with E-state index in [-0.39, 0.29) is 5.82 Å². The molecule has 2 rings (SSSR count). The number of anilines is 1. The Morgan fingerprint density at radius 3 is 3.08 bits per heavy atom. The molecule has 1 aromatic rings. The van der Waals surface area contributed by atoms with Gasteiger partial charge < -0.3 is 10.1 Å². The summed E-state index contributed by atoms with van der Waals surface area (Å²) in [6.07, 6.45) is 3.11. The average Bonchev–Trinajstić information content (AvgIpc) is 2.07. The molecule has 0 amide bonds. The molecule has 1 aromatic carbocycles. The Morgan fingerprint density at radius 2 is 2.25 bits per heavy atom. The van der Waals surface area contributed by atoms with Gasteiger partial charge in [0.1, 0.15) is 12.1 Å². The summed E-state index contributed by atoms with van der Waals surface area (Å²) >= 11 is 3.07. The van der Waals surface area contributed by atoms with Crippen molar-refractivity contribution in [3.63, 3.8) is 0 Å². The van der Waals surface area contributed by atoms with E-state index in [2.05, 4.69) is 21.2 Å². The molecule has 2 nitrogen and oxygen atoms in total. The maximum absolute atomic E-state index is 12.9. The van der Waals surface area contributed by atoms with E-state index in [9.17, 15) is 4.39 Å². The molecule has 0 unspecified atom stereocenters. The highest BCUT2D eigenvalue weighted by molar-refractivity contribution is 9.10. The summed E-state index contributed by atoms with van der Waals surface area (Å²) in [7, 11) is 0. The van der Waals surface area contributed by atoms with E-state index in [1.54, 1.807) is 12.3 Å². The third kappa shape index (κ3) is 1.18. The highest BCUT2D eigenvalue weighted by atomic mass is 79.9. The summed E-state index contributed by atoms with van der Waals surface area (Å²) < 4.78 is 18.5. The van der Waals surface area contributed by atoms with Crippen LogP contribution in [-0.4, -0.2) is 0 Å². The number of rotatable bonds is 0. The monoisotopic (exact) mass is 229 g/mol. The quantitative estimate of drug-likeness (QED) is 0.739. The molecule has 1 N–H and O–H groups in total. The van der Waals surface area contributed by atoms with Crippen LogP contribution in [0.15, 0.2) is 29.1 Å². The van der Waals surface area contributed by atoms with Crippen molar-refractivity contribution in [1.29, 1.82) is 0 Å². The molecule has 0 spiro atoms. The van der Waals surface area contributed by atoms with Crippen LogP contribution in [0.1, 0.15) is 0 Å². The van der Waals surface area contributed by atoms with Crippen molar-refractivity contribution >= 4 is 21.6 Å². The van der Waals surface area contributed by atoms with Crippen LogP contribution in [0.4, 0.5) is 10.1 Å². The van der Waals surface area contributed by atoms with E-state index in [1.807, 2.05) is 0 Å². The third-order valence-corrected chi connectivity index (χ3v) is 2.13. The number of hydrogen-bond donors (Lipinski definition) is 1. The number of ether oxygens (including phenoxy) is 1. The van der Waals surface area contributed by atoms with Gasteiger partial charge in [0.05, 0.1) is 10.2 Å². The van der Waals surface area contributed by atoms with Gasteiger partial charge in [0.2, 0.25) is 0 Å². The van der Waals surface area contributed by atoms with Crippen LogP contribution in [0.25, 0.3) is 0 Å². The first-order valence-electron chi connectivity index (χ1n) is 3.34. The Labute approximate surface area is 77.2 Å². The molecule has 1 aliphatic heterocycles. The van der Waals surface area contributed by atoms with Crippen molar-refractivity contribution in [2.45, 2.75) is 0 Å². The van der Waals surface area contributed by atoms with Gasteiger partial charge in [-0.3, -0.25) is 0 Å². The standard InChI is InChI=1S/C8H5BrFNO/c9-5-3-8-7(4-6(5)10)11-1-2-12-8/h1-4,11H. The molecule has 0 fully saturated rings.